The minimum atomic E-state index is -4.24. The lowest BCUT2D eigenvalue weighted by Gasteiger charge is -2.13. The van der Waals surface area contributed by atoms with Crippen LogP contribution in [0.5, 0.6) is 0 Å². The number of hydrogen-bond acceptors (Lipinski definition) is 0. The Morgan fingerprint density at radius 2 is 1.67 bits per heavy atom. The van der Waals surface area contributed by atoms with Crippen molar-refractivity contribution in [1.29, 1.82) is 0 Å². The van der Waals surface area contributed by atoms with Crippen LogP contribution in [0.2, 0.25) is 5.02 Å². The van der Waals surface area contributed by atoms with Gasteiger partial charge < -0.3 is 0 Å². The highest BCUT2D eigenvalue weighted by atomic mass is 35.5. The molecule has 0 amide bonds. The van der Waals surface area contributed by atoms with Gasteiger partial charge in [-0.2, -0.15) is 0 Å². The van der Waals surface area contributed by atoms with Crippen molar-refractivity contribution in [3.63, 3.8) is 0 Å². The molecule has 0 radical (unpaired) electrons. The van der Waals surface area contributed by atoms with Crippen LogP contribution >= 0.6 is 22.1 Å². The van der Waals surface area contributed by atoms with E-state index in [0.29, 0.717) is 20.0 Å². The molecule has 2 rings (SSSR count). The molecule has 0 aliphatic heterocycles. The van der Waals surface area contributed by atoms with E-state index in [0.717, 1.165) is 0 Å². The van der Waals surface area contributed by atoms with Crippen LogP contribution in [0, 0.1) is 0 Å². The Kier molecular flexibility index (Phi) is 3.14. The van der Waals surface area contributed by atoms with Crippen molar-refractivity contribution in [3.8, 4) is 0 Å². The molecule has 0 fully saturated rings. The molecule has 0 saturated carbocycles. The van der Waals surface area contributed by atoms with Crippen LogP contribution in [0.4, 0.5) is 13.2 Å². The third-order valence-corrected chi connectivity index (χ3v) is 5.35. The number of rotatable bonds is 0. The summed E-state index contributed by atoms with van der Waals surface area (Å²) < 4.78 is 40.1. The van der Waals surface area contributed by atoms with Crippen LogP contribution in [-0.4, -0.2) is 0 Å². The minimum Gasteiger partial charge on any atom is -0.118 e. The Balaban J connectivity index is 2.85. The summed E-state index contributed by atoms with van der Waals surface area (Å²) in [5.41, 5.74) is -4.75. The second kappa shape index (κ2) is 4.14. The zero-order valence-corrected chi connectivity index (χ0v) is 11.8. The van der Waals surface area contributed by atoms with Crippen molar-refractivity contribution >= 4 is 32.2 Å². The maximum absolute atomic E-state index is 13.3. The summed E-state index contributed by atoms with van der Waals surface area (Å²) in [6, 6.07) is 6.24. The maximum Gasteiger partial charge on any atom is 0.600 e. The lowest BCUT2D eigenvalue weighted by molar-refractivity contribution is -0.0869. The molecular weight excluding hydrogens is 281 g/mol. The smallest absolute Gasteiger partial charge is 0.118 e. The van der Waals surface area contributed by atoms with Crippen molar-refractivity contribution in [2.75, 3.05) is 0 Å². The number of thiophene rings is 1. The summed E-state index contributed by atoms with van der Waals surface area (Å²) in [4.78, 5) is 0.423. The highest BCUT2D eigenvalue weighted by Crippen LogP contribution is 2.54. The predicted molar refractivity (Wildman–Crippen MR) is 71.4 cm³/mol. The van der Waals surface area contributed by atoms with E-state index in [4.69, 9.17) is 11.6 Å². The molecule has 1 aromatic heterocycles. The van der Waals surface area contributed by atoms with Crippen LogP contribution in [0.1, 0.15) is 25.6 Å². The molecule has 1 aromatic carbocycles. The van der Waals surface area contributed by atoms with Crippen molar-refractivity contribution in [2.45, 2.75) is 31.7 Å². The minimum absolute atomic E-state index is 0.330. The van der Waals surface area contributed by atoms with E-state index in [1.165, 1.54) is 12.1 Å². The average molecular weight is 294 g/mol. The van der Waals surface area contributed by atoms with Gasteiger partial charge in [0.05, 0.1) is 10.5 Å². The molecule has 18 heavy (non-hydrogen) atoms. The Labute approximate surface area is 111 Å². The first kappa shape index (κ1) is 13.7. The van der Waals surface area contributed by atoms with Gasteiger partial charge in [-0.3, -0.25) is 0 Å². The van der Waals surface area contributed by atoms with E-state index in [-0.39, 0.29) is 0 Å². The molecule has 0 nitrogen and oxygen atoms in total. The number of fused-ring (bicyclic) bond motifs is 1. The first-order chi connectivity index (χ1) is 8.10. The molecule has 98 valence electrons. The van der Waals surface area contributed by atoms with Gasteiger partial charge in [0.25, 0.3) is 0 Å². The fraction of sp³-hybridized carbons (Fsp3) is 0.385. The molecule has 0 saturated heterocycles. The molecule has 0 spiro atoms. The number of hydrogen-bond donors (Lipinski definition) is 0. The molecule has 1 atom stereocenters. The number of alkyl halides is 3. The summed E-state index contributed by atoms with van der Waals surface area (Å²) in [5.74, 6) is 0. The van der Waals surface area contributed by atoms with Gasteiger partial charge in [0, 0.05) is 28.0 Å². The van der Waals surface area contributed by atoms with Crippen molar-refractivity contribution < 1.29 is 13.2 Å². The molecule has 0 aliphatic carbocycles. The average Bonchev–Trinajstić information content (AvgIpc) is 2.54. The van der Waals surface area contributed by atoms with Crippen molar-refractivity contribution in [2.24, 2.45) is 0 Å². The van der Waals surface area contributed by atoms with Gasteiger partial charge in [-0.25, -0.2) is 0 Å². The Bertz CT molecular complexity index is 591. The van der Waals surface area contributed by atoms with Crippen molar-refractivity contribution in [3.05, 3.63) is 34.2 Å². The molecule has 0 bridgehead atoms. The topological polar surface area (TPSA) is 0 Å². The largest absolute Gasteiger partial charge is 0.600 e. The van der Waals surface area contributed by atoms with Gasteiger partial charge in [0.2, 0.25) is 0 Å². The molecule has 1 unspecified atom stereocenters. The summed E-state index contributed by atoms with van der Waals surface area (Å²) in [6.07, 6.45) is 0. The maximum atomic E-state index is 13.3. The van der Waals surface area contributed by atoms with Crippen LogP contribution in [-0.2, 0) is 10.9 Å². The van der Waals surface area contributed by atoms with Crippen LogP contribution < -0.4 is 0 Å². The molecule has 5 heteroatoms. The first-order valence-corrected chi connectivity index (χ1v) is 7.04. The molecule has 0 aliphatic rings. The standard InChI is InChI=1S/C13H13ClF3S/c1-12(2,3)11-7-8-6-9(14)4-5-10(8)18(11)13(15,16)17/h4-7H,1-3H3/q+1. The Morgan fingerprint density at radius 1 is 1.06 bits per heavy atom. The highest BCUT2D eigenvalue weighted by Gasteiger charge is 2.50. The van der Waals surface area contributed by atoms with E-state index in [2.05, 4.69) is 0 Å². The van der Waals surface area contributed by atoms with Gasteiger partial charge in [-0.05, 0) is 12.1 Å². The molecule has 2 aromatic rings. The third kappa shape index (κ3) is 2.36. The first-order valence-electron chi connectivity index (χ1n) is 5.43. The van der Waals surface area contributed by atoms with E-state index in [1.807, 2.05) is 0 Å². The van der Waals surface area contributed by atoms with Crippen LogP contribution in [0.25, 0.3) is 10.1 Å². The predicted octanol–water partition coefficient (Wildman–Crippen LogP) is 6.02. The van der Waals surface area contributed by atoms with Gasteiger partial charge in [-0.15, -0.1) is 13.2 Å². The summed E-state index contributed by atoms with van der Waals surface area (Å²) in [7, 11) is -1.83. The summed E-state index contributed by atoms with van der Waals surface area (Å²) in [6.45, 7) is 5.41. The van der Waals surface area contributed by atoms with Crippen LogP contribution in [0.3, 0.4) is 0 Å². The Morgan fingerprint density at radius 3 is 2.17 bits per heavy atom. The fourth-order valence-electron chi connectivity index (χ4n) is 1.91. The quantitative estimate of drug-likeness (QED) is 0.521. The van der Waals surface area contributed by atoms with Crippen molar-refractivity contribution in [1.82, 2.24) is 0 Å². The normalized spacial score (nSPS) is 14.3. The van der Waals surface area contributed by atoms with Crippen LogP contribution in [0.15, 0.2) is 24.3 Å². The molecule has 1 heterocycles. The van der Waals surface area contributed by atoms with Gasteiger partial charge in [0.1, 0.15) is 0 Å². The second-order valence-electron chi connectivity index (χ2n) is 5.19. The highest BCUT2D eigenvalue weighted by molar-refractivity contribution is 7.38. The summed E-state index contributed by atoms with van der Waals surface area (Å²) in [5, 5.41) is 1.05. The monoisotopic (exact) mass is 293 g/mol. The third-order valence-electron chi connectivity index (χ3n) is 2.67. The van der Waals surface area contributed by atoms with E-state index >= 15 is 0 Å². The zero-order valence-electron chi connectivity index (χ0n) is 10.2. The van der Waals surface area contributed by atoms with Gasteiger partial charge in [-0.1, -0.05) is 32.4 Å². The fourth-order valence-corrected chi connectivity index (χ4v) is 4.24. The number of halogens is 4. The zero-order chi connectivity index (χ0) is 13.7. The number of benzene rings is 1. The van der Waals surface area contributed by atoms with E-state index in [1.54, 1.807) is 32.9 Å². The van der Waals surface area contributed by atoms with E-state index in [9.17, 15) is 13.2 Å². The van der Waals surface area contributed by atoms with Gasteiger partial charge in [0.15, 0.2) is 9.58 Å². The lowest BCUT2D eigenvalue weighted by atomic mass is 9.94. The van der Waals surface area contributed by atoms with E-state index < -0.39 is 21.4 Å². The lowest BCUT2D eigenvalue weighted by Crippen LogP contribution is -2.12. The van der Waals surface area contributed by atoms with Gasteiger partial charge >= 0.3 is 5.51 Å². The summed E-state index contributed by atoms with van der Waals surface area (Å²) >= 11 is 5.84. The Hall–Kier alpha value is -0.740. The second-order valence-corrected chi connectivity index (χ2v) is 7.58. The SMILES string of the molecule is CC(C)(C)c1cc2cc(Cl)ccc2[s+]1C(F)(F)F. The molecular formula is C13H13ClF3S+. The molecule has 0 N–H and O–H groups in total.